The molecule has 0 aromatic heterocycles. The first kappa shape index (κ1) is 21.8. The van der Waals surface area contributed by atoms with Gasteiger partial charge in [0.2, 0.25) is 5.96 Å². The number of nitrogens with zero attached hydrogens (tertiary/aromatic N) is 2. The number of allylic oxidation sites excluding steroid dienone is 2. The number of benzene rings is 1. The molecule has 0 spiro atoms. The number of hydrogen-bond donors (Lipinski definition) is 4. The summed E-state index contributed by atoms with van der Waals surface area (Å²) in [5.41, 5.74) is -4.79. The number of alkyl halides is 6. The van der Waals surface area contributed by atoms with Crippen LogP contribution in [0.2, 0.25) is 0 Å². The van der Waals surface area contributed by atoms with Crippen LogP contribution in [0.1, 0.15) is 36.5 Å². The summed E-state index contributed by atoms with van der Waals surface area (Å²) < 4.78 is 79.1. The summed E-state index contributed by atoms with van der Waals surface area (Å²) in [6.07, 6.45) is -7.26. The lowest BCUT2D eigenvalue weighted by atomic mass is 9.77. The molecule has 162 valence electrons. The van der Waals surface area contributed by atoms with Crippen LogP contribution >= 0.6 is 0 Å². The molecule has 0 atom stereocenters. The fraction of sp³-hybridized carbons (Fsp3) is 0.389. The minimum absolute atomic E-state index is 0.0216. The summed E-state index contributed by atoms with van der Waals surface area (Å²) in [6.45, 7) is 1.65. The highest BCUT2D eigenvalue weighted by molar-refractivity contribution is 6.17. The van der Waals surface area contributed by atoms with Gasteiger partial charge in [0.15, 0.2) is 0 Å². The van der Waals surface area contributed by atoms with E-state index in [1.165, 1.54) is 0 Å². The van der Waals surface area contributed by atoms with Crippen molar-refractivity contribution >= 4 is 17.9 Å². The second-order valence-corrected chi connectivity index (χ2v) is 7.27. The number of nitrogens with one attached hydrogen (secondary N) is 3. The maximum atomic E-state index is 13.5. The maximum absolute atomic E-state index is 13.5. The van der Waals surface area contributed by atoms with E-state index in [9.17, 15) is 31.4 Å². The third kappa shape index (κ3) is 4.64. The minimum Gasteiger partial charge on any atom is -0.390 e. The van der Waals surface area contributed by atoms with Crippen LogP contribution in [0.5, 0.6) is 0 Å². The quantitative estimate of drug-likeness (QED) is 0.435. The molecule has 12 heteroatoms. The predicted molar refractivity (Wildman–Crippen MR) is 97.2 cm³/mol. The molecular formula is C18H17F6N5O. The van der Waals surface area contributed by atoms with Crippen LogP contribution in [0.4, 0.5) is 26.3 Å². The van der Waals surface area contributed by atoms with Crippen molar-refractivity contribution < 1.29 is 31.4 Å². The van der Waals surface area contributed by atoms with Crippen LogP contribution in [0, 0.1) is 5.41 Å². The summed E-state index contributed by atoms with van der Waals surface area (Å²) in [4.78, 5) is 0. The Labute approximate surface area is 166 Å². The number of aliphatic hydroxyl groups is 1. The van der Waals surface area contributed by atoms with Gasteiger partial charge in [0, 0.05) is 17.8 Å². The molecule has 1 heterocycles. The number of halogens is 6. The Kier molecular flexibility index (Phi) is 5.39. The summed E-state index contributed by atoms with van der Waals surface area (Å²) in [7, 11) is 0. The summed E-state index contributed by atoms with van der Waals surface area (Å²) >= 11 is 0. The maximum Gasteiger partial charge on any atom is 0.417 e. The van der Waals surface area contributed by atoms with Crippen LogP contribution in [0.15, 0.2) is 40.2 Å². The van der Waals surface area contributed by atoms with E-state index in [1.54, 1.807) is 6.92 Å². The molecule has 30 heavy (non-hydrogen) atoms. The molecule has 1 aliphatic carbocycles. The fourth-order valence-corrected chi connectivity index (χ4v) is 3.29. The number of guanidine groups is 1. The zero-order chi connectivity index (χ0) is 22.3. The standard InChI is InChI=1S/C18H17F6N5O/c1-16(30)7-10(8-16)26-15-27-13(4-5-25)14(28-29-15)11-3-2-9(17(19,20)21)6-12(11)18(22,23)24/h2-6,10,25,30H,7-8H2,1H3,(H2,26,27,29)/b13-4-,25-5?. The molecule has 1 fully saturated rings. The molecule has 3 rings (SSSR count). The number of hydrogen-bond acceptors (Lipinski definition) is 6. The molecule has 0 amide bonds. The highest BCUT2D eigenvalue weighted by atomic mass is 19.4. The van der Waals surface area contributed by atoms with Crippen molar-refractivity contribution in [1.82, 2.24) is 10.6 Å². The first-order valence-electron chi connectivity index (χ1n) is 8.72. The van der Waals surface area contributed by atoms with Crippen LogP contribution < -0.4 is 10.6 Å². The average molecular weight is 433 g/mol. The van der Waals surface area contributed by atoms with E-state index in [-0.39, 0.29) is 29.5 Å². The van der Waals surface area contributed by atoms with E-state index in [4.69, 9.17) is 5.41 Å². The van der Waals surface area contributed by atoms with Gasteiger partial charge in [-0.15, -0.1) is 10.2 Å². The van der Waals surface area contributed by atoms with Crippen molar-refractivity contribution in [2.75, 3.05) is 0 Å². The molecule has 4 N–H and O–H groups in total. The summed E-state index contributed by atoms with van der Waals surface area (Å²) in [5.74, 6) is 0.0906. The second-order valence-electron chi connectivity index (χ2n) is 7.27. The van der Waals surface area contributed by atoms with Gasteiger partial charge in [-0.3, -0.25) is 0 Å². The normalized spacial score (nSPS) is 25.7. The Morgan fingerprint density at radius 1 is 1.17 bits per heavy atom. The van der Waals surface area contributed by atoms with Gasteiger partial charge in [-0.05, 0) is 38.0 Å². The first-order chi connectivity index (χ1) is 13.8. The minimum atomic E-state index is -5.07. The van der Waals surface area contributed by atoms with Crippen molar-refractivity contribution in [2.45, 2.75) is 43.8 Å². The molecule has 0 unspecified atom stereocenters. The van der Waals surface area contributed by atoms with Crippen molar-refractivity contribution in [2.24, 2.45) is 10.2 Å². The van der Waals surface area contributed by atoms with Gasteiger partial charge in [0.05, 0.1) is 22.4 Å². The van der Waals surface area contributed by atoms with Crippen LogP contribution in [0.3, 0.4) is 0 Å². The smallest absolute Gasteiger partial charge is 0.390 e. The molecule has 1 saturated carbocycles. The van der Waals surface area contributed by atoms with E-state index in [1.807, 2.05) is 0 Å². The molecule has 0 radical (unpaired) electrons. The van der Waals surface area contributed by atoms with Gasteiger partial charge in [-0.2, -0.15) is 26.3 Å². The molecule has 1 aliphatic heterocycles. The highest BCUT2D eigenvalue weighted by Gasteiger charge is 2.41. The molecule has 0 bridgehead atoms. The first-order valence-corrected chi connectivity index (χ1v) is 8.72. The lowest BCUT2D eigenvalue weighted by Crippen LogP contribution is -2.56. The zero-order valence-corrected chi connectivity index (χ0v) is 15.5. The zero-order valence-electron chi connectivity index (χ0n) is 15.5. The lowest BCUT2D eigenvalue weighted by Gasteiger charge is -2.41. The van der Waals surface area contributed by atoms with E-state index in [2.05, 4.69) is 20.8 Å². The topological polar surface area (TPSA) is 92.9 Å². The molecule has 0 saturated heterocycles. The Morgan fingerprint density at radius 3 is 2.37 bits per heavy atom. The van der Waals surface area contributed by atoms with E-state index in [0.717, 1.165) is 12.3 Å². The second kappa shape index (κ2) is 7.42. The van der Waals surface area contributed by atoms with Gasteiger partial charge < -0.3 is 21.1 Å². The third-order valence-corrected chi connectivity index (χ3v) is 4.63. The van der Waals surface area contributed by atoms with Crippen molar-refractivity contribution in [1.29, 1.82) is 5.41 Å². The van der Waals surface area contributed by atoms with Crippen molar-refractivity contribution in [3.63, 3.8) is 0 Å². The Bertz CT molecular complexity index is 937. The van der Waals surface area contributed by atoms with Gasteiger partial charge >= 0.3 is 12.4 Å². The van der Waals surface area contributed by atoms with Crippen molar-refractivity contribution in [3.8, 4) is 0 Å². The third-order valence-electron chi connectivity index (χ3n) is 4.63. The molecule has 1 aromatic carbocycles. The summed E-state index contributed by atoms with van der Waals surface area (Å²) in [5, 5.41) is 30.2. The molecular weight excluding hydrogens is 416 g/mol. The Hall–Kier alpha value is -2.89. The van der Waals surface area contributed by atoms with Gasteiger partial charge in [-0.25, -0.2) is 0 Å². The molecule has 1 aromatic rings. The Balaban J connectivity index is 2.00. The summed E-state index contributed by atoms with van der Waals surface area (Å²) in [6, 6.07) is 1.10. The molecule has 2 aliphatic rings. The van der Waals surface area contributed by atoms with Crippen LogP contribution in [-0.4, -0.2) is 34.6 Å². The van der Waals surface area contributed by atoms with Crippen LogP contribution in [0.25, 0.3) is 0 Å². The fourth-order valence-electron chi connectivity index (χ4n) is 3.29. The Morgan fingerprint density at radius 2 is 1.83 bits per heavy atom. The predicted octanol–water partition coefficient (Wildman–Crippen LogP) is 3.42. The lowest BCUT2D eigenvalue weighted by molar-refractivity contribution is -0.143. The number of rotatable bonds is 3. The van der Waals surface area contributed by atoms with E-state index in [0.29, 0.717) is 25.0 Å². The van der Waals surface area contributed by atoms with Gasteiger partial charge in [0.1, 0.15) is 5.71 Å². The highest BCUT2D eigenvalue weighted by Crippen LogP contribution is 2.38. The van der Waals surface area contributed by atoms with Crippen molar-refractivity contribution in [3.05, 3.63) is 46.7 Å². The van der Waals surface area contributed by atoms with E-state index >= 15 is 0 Å². The molecule has 6 nitrogen and oxygen atoms in total. The average Bonchev–Trinajstić information content (AvgIpc) is 2.59. The largest absolute Gasteiger partial charge is 0.417 e. The van der Waals surface area contributed by atoms with Gasteiger partial charge in [0.25, 0.3) is 0 Å². The van der Waals surface area contributed by atoms with Crippen LogP contribution in [-0.2, 0) is 12.4 Å². The monoisotopic (exact) mass is 433 g/mol. The van der Waals surface area contributed by atoms with E-state index < -0.39 is 34.6 Å². The SMILES string of the molecule is CC1(O)CC(NC2=NN=C(c3ccc(C(F)(F)F)cc3C(F)(F)F)/C(=C/C=N)N2)C1. The van der Waals surface area contributed by atoms with Gasteiger partial charge in [-0.1, -0.05) is 6.07 Å².